The molecule has 1 heterocycles. The van der Waals surface area contributed by atoms with Crippen LogP contribution in [0.1, 0.15) is 36.5 Å². The summed E-state index contributed by atoms with van der Waals surface area (Å²) in [5.41, 5.74) is 5.31. The first-order valence-corrected chi connectivity index (χ1v) is 9.81. The average molecular weight is 353 g/mol. The highest BCUT2D eigenvalue weighted by atomic mass is 16.5. The molecule has 3 rings (SSSR count). The first-order chi connectivity index (χ1) is 12.5. The highest BCUT2D eigenvalue weighted by molar-refractivity contribution is 5.53. The van der Waals surface area contributed by atoms with Gasteiger partial charge in [-0.3, -0.25) is 4.90 Å². The molecule has 26 heavy (non-hydrogen) atoms. The molecule has 0 aliphatic carbocycles. The number of benzene rings is 2. The minimum Gasteiger partial charge on any atom is -0.492 e. The van der Waals surface area contributed by atoms with Crippen LogP contribution in [0.2, 0.25) is 0 Å². The van der Waals surface area contributed by atoms with Crippen LogP contribution in [0.25, 0.3) is 0 Å². The molecule has 2 aromatic carbocycles. The molecule has 0 unspecified atom stereocenters. The van der Waals surface area contributed by atoms with Gasteiger partial charge >= 0.3 is 0 Å². The van der Waals surface area contributed by atoms with Crippen molar-refractivity contribution in [3.63, 3.8) is 0 Å². The number of hydrogen-bond donors (Lipinski definition) is 0. The van der Waals surface area contributed by atoms with Gasteiger partial charge in [-0.1, -0.05) is 44.2 Å². The predicted octanol–water partition coefficient (Wildman–Crippen LogP) is 4.63. The maximum Gasteiger partial charge on any atom is 0.122 e. The Morgan fingerprint density at radius 2 is 1.65 bits per heavy atom. The Labute approximate surface area is 158 Å². The standard InChI is InChI=1S/C23H32N2O/c1-18(2)21-10-9-20(4)23(17-21)26-16-15-24-11-13-25(14-12-24)22-8-6-5-7-19(22)3/h5-10,17-18H,11-16H2,1-4H3. The minimum atomic E-state index is 0.535. The van der Waals surface area contributed by atoms with Crippen molar-refractivity contribution in [3.8, 4) is 5.75 Å². The lowest BCUT2D eigenvalue weighted by molar-refractivity contribution is 0.200. The summed E-state index contributed by atoms with van der Waals surface area (Å²) in [4.78, 5) is 5.01. The Kier molecular flexibility index (Phi) is 6.20. The van der Waals surface area contributed by atoms with E-state index in [1.54, 1.807) is 0 Å². The van der Waals surface area contributed by atoms with Crippen LogP contribution >= 0.6 is 0 Å². The molecule has 0 N–H and O–H groups in total. The van der Waals surface area contributed by atoms with Gasteiger partial charge in [0.2, 0.25) is 0 Å². The Morgan fingerprint density at radius 1 is 0.923 bits per heavy atom. The monoisotopic (exact) mass is 352 g/mol. The van der Waals surface area contributed by atoms with Gasteiger partial charge in [-0.05, 0) is 48.6 Å². The van der Waals surface area contributed by atoms with E-state index in [9.17, 15) is 0 Å². The van der Waals surface area contributed by atoms with Crippen LogP contribution in [0.4, 0.5) is 5.69 Å². The molecule has 3 heteroatoms. The van der Waals surface area contributed by atoms with Crippen molar-refractivity contribution < 1.29 is 4.74 Å². The van der Waals surface area contributed by atoms with Crippen molar-refractivity contribution in [1.29, 1.82) is 0 Å². The molecule has 1 aliphatic heterocycles. The van der Waals surface area contributed by atoms with Gasteiger partial charge in [0.05, 0.1) is 0 Å². The van der Waals surface area contributed by atoms with Gasteiger partial charge < -0.3 is 9.64 Å². The number of piperazine rings is 1. The topological polar surface area (TPSA) is 15.7 Å². The molecule has 0 bridgehead atoms. The lowest BCUT2D eigenvalue weighted by Gasteiger charge is -2.36. The summed E-state index contributed by atoms with van der Waals surface area (Å²) in [6.45, 7) is 14.9. The maximum atomic E-state index is 6.11. The van der Waals surface area contributed by atoms with Crippen LogP contribution in [-0.4, -0.2) is 44.2 Å². The molecule has 1 fully saturated rings. The largest absolute Gasteiger partial charge is 0.492 e. The average Bonchev–Trinajstić information content (AvgIpc) is 2.64. The lowest BCUT2D eigenvalue weighted by atomic mass is 10.0. The SMILES string of the molecule is Cc1ccc(C(C)C)cc1OCCN1CCN(c2ccccc2C)CC1. The van der Waals surface area contributed by atoms with E-state index in [4.69, 9.17) is 4.74 Å². The summed E-state index contributed by atoms with van der Waals surface area (Å²) >= 11 is 0. The van der Waals surface area contributed by atoms with Gasteiger partial charge in [0.1, 0.15) is 12.4 Å². The van der Waals surface area contributed by atoms with Crippen molar-refractivity contribution >= 4 is 5.69 Å². The number of hydrogen-bond acceptors (Lipinski definition) is 3. The maximum absolute atomic E-state index is 6.11. The lowest BCUT2D eigenvalue weighted by Crippen LogP contribution is -2.47. The van der Waals surface area contributed by atoms with E-state index >= 15 is 0 Å². The molecular formula is C23H32N2O. The summed E-state index contributed by atoms with van der Waals surface area (Å²) in [6.07, 6.45) is 0. The quantitative estimate of drug-likeness (QED) is 0.754. The van der Waals surface area contributed by atoms with Gasteiger partial charge in [-0.15, -0.1) is 0 Å². The van der Waals surface area contributed by atoms with Crippen LogP contribution < -0.4 is 9.64 Å². The van der Waals surface area contributed by atoms with Crippen LogP contribution in [0, 0.1) is 13.8 Å². The Hall–Kier alpha value is -2.00. The van der Waals surface area contributed by atoms with Crippen molar-refractivity contribution in [1.82, 2.24) is 4.90 Å². The van der Waals surface area contributed by atoms with E-state index in [0.717, 1.165) is 45.1 Å². The normalized spacial score (nSPS) is 15.5. The minimum absolute atomic E-state index is 0.535. The van der Waals surface area contributed by atoms with Gasteiger partial charge in [0, 0.05) is 38.4 Å². The number of ether oxygens (including phenoxy) is 1. The van der Waals surface area contributed by atoms with Gasteiger partial charge in [0.25, 0.3) is 0 Å². The molecule has 1 aliphatic rings. The van der Waals surface area contributed by atoms with Gasteiger partial charge in [0.15, 0.2) is 0 Å². The second-order valence-corrected chi connectivity index (χ2v) is 7.64. The molecule has 3 nitrogen and oxygen atoms in total. The molecule has 1 saturated heterocycles. The fourth-order valence-corrected chi connectivity index (χ4v) is 3.55. The molecule has 0 radical (unpaired) electrons. The summed E-state index contributed by atoms with van der Waals surface area (Å²) in [5, 5.41) is 0. The zero-order valence-electron chi connectivity index (χ0n) is 16.7. The number of rotatable bonds is 6. The van der Waals surface area contributed by atoms with Crippen LogP contribution in [0.5, 0.6) is 5.75 Å². The Balaban J connectivity index is 1.47. The zero-order valence-corrected chi connectivity index (χ0v) is 16.7. The summed E-state index contributed by atoms with van der Waals surface area (Å²) in [5.74, 6) is 1.57. The first kappa shape index (κ1) is 18.8. The molecule has 0 amide bonds. The van der Waals surface area contributed by atoms with E-state index < -0.39 is 0 Å². The third-order valence-electron chi connectivity index (χ3n) is 5.37. The number of aryl methyl sites for hydroxylation is 2. The summed E-state index contributed by atoms with van der Waals surface area (Å²) in [7, 11) is 0. The van der Waals surface area contributed by atoms with E-state index in [-0.39, 0.29) is 0 Å². The summed E-state index contributed by atoms with van der Waals surface area (Å²) < 4.78 is 6.11. The second kappa shape index (κ2) is 8.59. The molecule has 0 saturated carbocycles. The highest BCUT2D eigenvalue weighted by Crippen LogP contribution is 2.24. The molecule has 0 spiro atoms. The van der Waals surface area contributed by atoms with Crippen LogP contribution in [0.3, 0.4) is 0 Å². The molecule has 2 aromatic rings. The van der Waals surface area contributed by atoms with E-state index in [1.165, 1.54) is 22.4 Å². The number of para-hydroxylation sites is 1. The summed E-state index contributed by atoms with van der Waals surface area (Å²) in [6, 6.07) is 15.3. The van der Waals surface area contributed by atoms with E-state index in [1.807, 2.05) is 0 Å². The second-order valence-electron chi connectivity index (χ2n) is 7.64. The molecule has 0 aromatic heterocycles. The fraction of sp³-hybridized carbons (Fsp3) is 0.478. The van der Waals surface area contributed by atoms with Gasteiger partial charge in [-0.25, -0.2) is 0 Å². The van der Waals surface area contributed by atoms with Crippen LogP contribution in [0.15, 0.2) is 42.5 Å². The van der Waals surface area contributed by atoms with Crippen molar-refractivity contribution in [3.05, 3.63) is 59.2 Å². The molecule has 140 valence electrons. The Bertz CT molecular complexity index is 718. The van der Waals surface area contributed by atoms with Crippen molar-refractivity contribution in [2.75, 3.05) is 44.2 Å². The van der Waals surface area contributed by atoms with Gasteiger partial charge in [-0.2, -0.15) is 0 Å². The first-order valence-electron chi connectivity index (χ1n) is 9.81. The smallest absolute Gasteiger partial charge is 0.122 e. The van der Waals surface area contributed by atoms with Crippen LogP contribution in [-0.2, 0) is 0 Å². The third-order valence-corrected chi connectivity index (χ3v) is 5.37. The Morgan fingerprint density at radius 3 is 2.35 bits per heavy atom. The number of nitrogens with zero attached hydrogens (tertiary/aromatic N) is 2. The van der Waals surface area contributed by atoms with Crippen molar-refractivity contribution in [2.24, 2.45) is 0 Å². The number of anilines is 1. The third kappa shape index (κ3) is 4.59. The highest BCUT2D eigenvalue weighted by Gasteiger charge is 2.18. The predicted molar refractivity (Wildman–Crippen MR) is 111 cm³/mol. The van der Waals surface area contributed by atoms with E-state index in [2.05, 4.69) is 80.0 Å². The van der Waals surface area contributed by atoms with Crippen molar-refractivity contribution in [2.45, 2.75) is 33.6 Å². The van der Waals surface area contributed by atoms with E-state index in [0.29, 0.717) is 5.92 Å². The zero-order chi connectivity index (χ0) is 18.5. The molecule has 0 atom stereocenters. The molecular weight excluding hydrogens is 320 g/mol. The fourth-order valence-electron chi connectivity index (χ4n) is 3.55.